The Bertz CT molecular complexity index is 719. The average molecular weight is 347 g/mol. The van der Waals surface area contributed by atoms with Gasteiger partial charge in [0.1, 0.15) is 5.75 Å². The molecule has 0 unspecified atom stereocenters. The van der Waals surface area contributed by atoms with E-state index in [-0.39, 0.29) is 0 Å². The van der Waals surface area contributed by atoms with Gasteiger partial charge in [0.05, 0.1) is 12.2 Å². The van der Waals surface area contributed by atoms with Crippen LogP contribution in [-0.2, 0) is 0 Å². The van der Waals surface area contributed by atoms with Crippen molar-refractivity contribution >= 4 is 29.2 Å². The van der Waals surface area contributed by atoms with Crippen molar-refractivity contribution in [1.82, 2.24) is 5.32 Å². The highest BCUT2D eigenvalue weighted by molar-refractivity contribution is 6.30. The van der Waals surface area contributed by atoms with E-state index >= 15 is 0 Å². The van der Waals surface area contributed by atoms with Gasteiger partial charge in [0.25, 0.3) is 5.91 Å². The third-order valence-electron chi connectivity index (χ3n) is 3.20. The molecular formula is C18H19ClN2O3. The number of nitrogens with one attached hydrogen (secondary N) is 2. The number of unbranched alkanes of at least 4 members (excludes halogenated alkanes) is 1. The Kier molecular flexibility index (Phi) is 6.63. The van der Waals surface area contributed by atoms with Crippen molar-refractivity contribution in [2.24, 2.45) is 0 Å². The van der Waals surface area contributed by atoms with E-state index in [4.69, 9.17) is 16.3 Å². The van der Waals surface area contributed by atoms with E-state index in [9.17, 15) is 9.59 Å². The standard InChI is InChI=1S/C18H19ClN2O3/c1-2-3-11-24-16-10-5-4-9-15(16)17(22)21-18(23)20-14-8-6-7-13(19)12-14/h4-10,12H,2-3,11H2,1H3,(H2,20,21,22,23). The summed E-state index contributed by atoms with van der Waals surface area (Å²) in [6, 6.07) is 12.9. The topological polar surface area (TPSA) is 67.4 Å². The van der Waals surface area contributed by atoms with E-state index in [0.29, 0.717) is 28.6 Å². The lowest BCUT2D eigenvalue weighted by Crippen LogP contribution is -2.34. The van der Waals surface area contributed by atoms with Crippen LogP contribution in [0.1, 0.15) is 30.1 Å². The Morgan fingerprint density at radius 1 is 1.12 bits per heavy atom. The highest BCUT2D eigenvalue weighted by Crippen LogP contribution is 2.18. The molecule has 0 radical (unpaired) electrons. The van der Waals surface area contributed by atoms with Gasteiger partial charge in [-0.3, -0.25) is 10.1 Å². The highest BCUT2D eigenvalue weighted by atomic mass is 35.5. The Morgan fingerprint density at radius 2 is 1.92 bits per heavy atom. The highest BCUT2D eigenvalue weighted by Gasteiger charge is 2.15. The average Bonchev–Trinajstić information content (AvgIpc) is 2.55. The fourth-order valence-electron chi connectivity index (χ4n) is 2.01. The summed E-state index contributed by atoms with van der Waals surface area (Å²) in [6.45, 7) is 2.58. The number of imide groups is 1. The summed E-state index contributed by atoms with van der Waals surface area (Å²) in [4.78, 5) is 24.2. The number of rotatable bonds is 6. The smallest absolute Gasteiger partial charge is 0.326 e. The van der Waals surface area contributed by atoms with Crippen molar-refractivity contribution in [3.63, 3.8) is 0 Å². The first-order chi connectivity index (χ1) is 11.6. The zero-order chi connectivity index (χ0) is 17.4. The fraction of sp³-hybridized carbons (Fsp3) is 0.222. The Hall–Kier alpha value is -2.53. The van der Waals surface area contributed by atoms with Crippen molar-refractivity contribution in [2.75, 3.05) is 11.9 Å². The van der Waals surface area contributed by atoms with Gasteiger partial charge in [0.2, 0.25) is 0 Å². The molecule has 0 saturated carbocycles. The van der Waals surface area contributed by atoms with E-state index in [2.05, 4.69) is 17.6 Å². The molecule has 2 aromatic rings. The second-order valence-electron chi connectivity index (χ2n) is 5.12. The summed E-state index contributed by atoms with van der Waals surface area (Å²) in [5, 5.41) is 5.34. The molecule has 0 aliphatic heterocycles. The molecule has 6 heteroatoms. The van der Waals surface area contributed by atoms with Crippen molar-refractivity contribution < 1.29 is 14.3 Å². The van der Waals surface area contributed by atoms with Gasteiger partial charge in [-0.1, -0.05) is 43.1 Å². The first-order valence-electron chi connectivity index (χ1n) is 7.70. The lowest BCUT2D eigenvalue weighted by atomic mass is 10.2. The molecule has 2 N–H and O–H groups in total. The molecule has 0 spiro atoms. The summed E-state index contributed by atoms with van der Waals surface area (Å²) < 4.78 is 5.60. The quantitative estimate of drug-likeness (QED) is 0.758. The van der Waals surface area contributed by atoms with Crippen LogP contribution in [0.15, 0.2) is 48.5 Å². The van der Waals surface area contributed by atoms with Crippen LogP contribution in [0, 0.1) is 0 Å². The van der Waals surface area contributed by atoms with E-state index in [0.717, 1.165) is 12.8 Å². The van der Waals surface area contributed by atoms with Crippen molar-refractivity contribution in [2.45, 2.75) is 19.8 Å². The van der Waals surface area contributed by atoms with Crippen molar-refractivity contribution in [3.05, 3.63) is 59.1 Å². The fourth-order valence-corrected chi connectivity index (χ4v) is 2.20. The zero-order valence-electron chi connectivity index (χ0n) is 13.3. The molecule has 126 valence electrons. The molecule has 2 rings (SSSR count). The third kappa shape index (κ3) is 5.28. The molecule has 0 saturated heterocycles. The predicted octanol–water partition coefficient (Wildman–Crippen LogP) is 4.48. The van der Waals surface area contributed by atoms with Crippen LogP contribution in [0.4, 0.5) is 10.5 Å². The monoisotopic (exact) mass is 346 g/mol. The van der Waals surface area contributed by atoms with Crippen molar-refractivity contribution in [1.29, 1.82) is 0 Å². The third-order valence-corrected chi connectivity index (χ3v) is 3.43. The SMILES string of the molecule is CCCCOc1ccccc1C(=O)NC(=O)Nc1cccc(Cl)c1. The summed E-state index contributed by atoms with van der Waals surface area (Å²) in [6.07, 6.45) is 1.89. The number of amides is 3. The number of ether oxygens (including phenoxy) is 1. The van der Waals surface area contributed by atoms with Gasteiger partial charge in [0.15, 0.2) is 0 Å². The van der Waals surface area contributed by atoms with Crippen LogP contribution < -0.4 is 15.4 Å². The summed E-state index contributed by atoms with van der Waals surface area (Å²) in [5.41, 5.74) is 0.815. The maximum Gasteiger partial charge on any atom is 0.326 e. The molecular weight excluding hydrogens is 328 g/mol. The number of carbonyl (C=O) groups is 2. The number of hydrogen-bond acceptors (Lipinski definition) is 3. The summed E-state index contributed by atoms with van der Waals surface area (Å²) >= 11 is 5.86. The van der Waals surface area contributed by atoms with E-state index < -0.39 is 11.9 Å². The number of halogens is 1. The molecule has 0 aliphatic carbocycles. The molecule has 0 aromatic heterocycles. The number of hydrogen-bond donors (Lipinski definition) is 2. The van der Waals surface area contributed by atoms with Crippen LogP contribution >= 0.6 is 11.6 Å². The molecule has 0 heterocycles. The number of carbonyl (C=O) groups excluding carboxylic acids is 2. The lowest BCUT2D eigenvalue weighted by molar-refractivity contribution is 0.0963. The van der Waals surface area contributed by atoms with Crippen LogP contribution in [0.2, 0.25) is 5.02 Å². The van der Waals surface area contributed by atoms with Gasteiger partial charge in [-0.2, -0.15) is 0 Å². The van der Waals surface area contributed by atoms with Crippen LogP contribution in [-0.4, -0.2) is 18.5 Å². The Balaban J connectivity index is 2.00. The van der Waals surface area contributed by atoms with Crippen LogP contribution in [0.25, 0.3) is 0 Å². The van der Waals surface area contributed by atoms with Crippen molar-refractivity contribution in [3.8, 4) is 5.75 Å². The van der Waals surface area contributed by atoms with E-state index in [1.54, 1.807) is 48.5 Å². The number of urea groups is 1. The molecule has 3 amide bonds. The number of benzene rings is 2. The Labute approximate surface area is 146 Å². The van der Waals surface area contributed by atoms with Gasteiger partial charge in [-0.15, -0.1) is 0 Å². The Morgan fingerprint density at radius 3 is 2.67 bits per heavy atom. The van der Waals surface area contributed by atoms with E-state index in [1.165, 1.54) is 0 Å². The molecule has 0 bridgehead atoms. The molecule has 0 atom stereocenters. The number of para-hydroxylation sites is 1. The van der Waals surface area contributed by atoms with Gasteiger partial charge >= 0.3 is 6.03 Å². The lowest BCUT2D eigenvalue weighted by Gasteiger charge is -2.11. The molecule has 24 heavy (non-hydrogen) atoms. The van der Waals surface area contributed by atoms with Gasteiger partial charge in [-0.05, 0) is 36.8 Å². The molecule has 0 aliphatic rings. The number of anilines is 1. The minimum Gasteiger partial charge on any atom is -0.493 e. The van der Waals surface area contributed by atoms with Gasteiger partial charge < -0.3 is 10.1 Å². The van der Waals surface area contributed by atoms with E-state index in [1.807, 2.05) is 0 Å². The second-order valence-corrected chi connectivity index (χ2v) is 5.55. The summed E-state index contributed by atoms with van der Waals surface area (Å²) in [5.74, 6) is -0.0689. The largest absolute Gasteiger partial charge is 0.493 e. The first kappa shape index (κ1) is 17.8. The minimum atomic E-state index is -0.634. The first-order valence-corrected chi connectivity index (χ1v) is 8.07. The predicted molar refractivity (Wildman–Crippen MR) is 94.8 cm³/mol. The molecule has 2 aromatic carbocycles. The van der Waals surface area contributed by atoms with Crippen LogP contribution in [0.5, 0.6) is 5.75 Å². The maximum atomic E-state index is 12.3. The van der Waals surface area contributed by atoms with Gasteiger partial charge in [0, 0.05) is 10.7 Å². The van der Waals surface area contributed by atoms with Gasteiger partial charge in [-0.25, -0.2) is 4.79 Å². The minimum absolute atomic E-state index is 0.315. The maximum absolute atomic E-state index is 12.3. The normalized spacial score (nSPS) is 10.1. The zero-order valence-corrected chi connectivity index (χ0v) is 14.1. The second kappa shape index (κ2) is 8.93. The van der Waals surface area contributed by atoms with Crippen LogP contribution in [0.3, 0.4) is 0 Å². The molecule has 5 nitrogen and oxygen atoms in total. The molecule has 0 fully saturated rings. The summed E-state index contributed by atoms with van der Waals surface area (Å²) in [7, 11) is 0.